The maximum atomic E-state index is 5.88. The van der Waals surface area contributed by atoms with E-state index in [1.54, 1.807) is 0 Å². The summed E-state index contributed by atoms with van der Waals surface area (Å²) in [5.41, 5.74) is 8.86. The van der Waals surface area contributed by atoms with Crippen molar-refractivity contribution in [2.45, 2.75) is 52.4 Å². The zero-order chi connectivity index (χ0) is 24.3. The van der Waals surface area contributed by atoms with Gasteiger partial charge in [-0.1, -0.05) is 18.9 Å². The minimum absolute atomic E-state index is 0. The maximum absolute atomic E-state index is 5.88. The van der Waals surface area contributed by atoms with E-state index in [1.165, 1.54) is 12.0 Å². The summed E-state index contributed by atoms with van der Waals surface area (Å²) in [5, 5.41) is 10.7. The summed E-state index contributed by atoms with van der Waals surface area (Å²) >= 11 is 0. The second-order valence-corrected chi connectivity index (χ2v) is 8.30. The van der Waals surface area contributed by atoms with Crippen molar-refractivity contribution < 1.29 is 45.5 Å². The second-order valence-electron chi connectivity index (χ2n) is 8.30. The standard InChI is InChI=1S/C26H43N4O4.H2O.W/c1-22-26(23(2)30-29-22)11-8-16-34-25-10-7-9-24(21-25)33-15-6-4-3-5-13-28-14-18-32-20-19-31-17-12-27;;/h9-10,21,28H,3-6,8,11-20,27H2,1-2H3,(H,29,30);1H2;/q-1;;. The summed E-state index contributed by atoms with van der Waals surface area (Å²) < 4.78 is 22.5. The molecule has 0 aliphatic carbocycles. The van der Waals surface area contributed by atoms with Gasteiger partial charge in [-0.3, -0.25) is 5.10 Å². The summed E-state index contributed by atoms with van der Waals surface area (Å²) in [6.07, 6.45) is 6.45. The zero-order valence-electron chi connectivity index (χ0n) is 21.9. The Morgan fingerprint density at radius 1 is 0.861 bits per heavy atom. The van der Waals surface area contributed by atoms with E-state index in [1.807, 2.05) is 25.1 Å². The summed E-state index contributed by atoms with van der Waals surface area (Å²) in [6, 6.07) is 8.77. The average molecular weight is 678 g/mol. The number of nitrogens with zero attached hydrogens (tertiary/aromatic N) is 1. The molecule has 0 fully saturated rings. The van der Waals surface area contributed by atoms with Gasteiger partial charge in [-0.2, -0.15) is 11.2 Å². The fourth-order valence-electron chi connectivity index (χ4n) is 3.55. The first-order valence-electron chi connectivity index (χ1n) is 12.5. The second kappa shape index (κ2) is 22.7. The van der Waals surface area contributed by atoms with Gasteiger partial charge in [0.15, 0.2) is 0 Å². The summed E-state index contributed by atoms with van der Waals surface area (Å²) in [5.74, 6) is 1.62. The number of hydrogen-bond donors (Lipinski definition) is 3. The number of benzene rings is 1. The Morgan fingerprint density at radius 2 is 1.53 bits per heavy atom. The minimum atomic E-state index is 0. The first-order valence-corrected chi connectivity index (χ1v) is 12.5. The van der Waals surface area contributed by atoms with Crippen LogP contribution in [0.1, 0.15) is 49.1 Å². The van der Waals surface area contributed by atoms with Crippen molar-refractivity contribution in [3.05, 3.63) is 41.2 Å². The van der Waals surface area contributed by atoms with Crippen LogP contribution in [0.4, 0.5) is 0 Å². The van der Waals surface area contributed by atoms with E-state index in [2.05, 4.69) is 28.5 Å². The molecule has 2 rings (SSSR count). The Bertz CT molecular complexity index is 759. The molecule has 6 N–H and O–H groups in total. The number of ether oxygens (including phenoxy) is 4. The van der Waals surface area contributed by atoms with Crippen molar-refractivity contribution in [3.63, 3.8) is 0 Å². The van der Waals surface area contributed by atoms with Crippen LogP contribution in [-0.2, 0) is 37.0 Å². The third-order valence-corrected chi connectivity index (χ3v) is 5.43. The molecule has 1 aromatic carbocycles. The smallest absolute Gasteiger partial charge is 0.0717 e. The molecule has 0 spiro atoms. The van der Waals surface area contributed by atoms with Gasteiger partial charge in [-0.15, -0.1) is 12.1 Å². The maximum Gasteiger partial charge on any atom is 0.0717 e. The SMILES string of the molecule is Cc1n[nH]c(C)c1CCCOc1c[c-]cc(OCCCCCCNCCOCCOCCN)c1.O.[W]. The fraction of sp³-hybridized carbons (Fsp3) is 0.654. The molecule has 10 heteroatoms. The van der Waals surface area contributed by atoms with E-state index in [-0.39, 0.29) is 26.5 Å². The molecule has 0 saturated carbocycles. The quantitative estimate of drug-likeness (QED) is 0.137. The van der Waals surface area contributed by atoms with Gasteiger partial charge in [0.1, 0.15) is 0 Å². The molecule has 1 aromatic heterocycles. The molecule has 1 heterocycles. The topological polar surface area (TPSA) is 135 Å². The number of aromatic amines is 1. The molecule has 206 valence electrons. The number of aryl methyl sites for hydroxylation is 2. The van der Waals surface area contributed by atoms with Crippen molar-refractivity contribution in [2.24, 2.45) is 5.73 Å². The first kappa shape index (κ1) is 34.5. The first-order chi connectivity index (χ1) is 16.7. The van der Waals surface area contributed by atoms with Crippen molar-refractivity contribution in [1.82, 2.24) is 15.5 Å². The molecule has 2 aromatic rings. The van der Waals surface area contributed by atoms with Crippen LogP contribution < -0.4 is 20.5 Å². The summed E-state index contributed by atoms with van der Waals surface area (Å²) in [4.78, 5) is 0. The Kier molecular flexibility index (Phi) is 21.8. The van der Waals surface area contributed by atoms with Crippen LogP contribution in [0.5, 0.6) is 11.5 Å². The number of nitrogens with one attached hydrogen (secondary N) is 2. The van der Waals surface area contributed by atoms with E-state index in [9.17, 15) is 0 Å². The average Bonchev–Trinajstić information content (AvgIpc) is 3.16. The number of aromatic nitrogens is 2. The summed E-state index contributed by atoms with van der Waals surface area (Å²) in [6.45, 7) is 10.5. The monoisotopic (exact) mass is 677 g/mol. The molecule has 9 nitrogen and oxygen atoms in total. The van der Waals surface area contributed by atoms with Gasteiger partial charge in [-0.05, 0) is 51.6 Å². The van der Waals surface area contributed by atoms with Crippen LogP contribution in [-0.4, -0.2) is 74.9 Å². The van der Waals surface area contributed by atoms with Gasteiger partial charge in [0.05, 0.1) is 45.3 Å². The molecule has 0 aliphatic heterocycles. The Hall–Kier alpha value is -1.48. The van der Waals surface area contributed by atoms with Crippen molar-refractivity contribution in [2.75, 3.05) is 59.3 Å². The van der Waals surface area contributed by atoms with E-state index >= 15 is 0 Å². The van der Waals surface area contributed by atoms with Gasteiger partial charge in [0, 0.05) is 51.3 Å². The van der Waals surface area contributed by atoms with E-state index in [4.69, 9.17) is 24.7 Å². The van der Waals surface area contributed by atoms with Crippen LogP contribution >= 0.6 is 0 Å². The molecule has 0 atom stereocenters. The molecule has 0 radical (unpaired) electrons. The Balaban J connectivity index is 0.00000612. The third kappa shape index (κ3) is 15.6. The molecule has 0 bridgehead atoms. The number of unbranched alkanes of at least 4 members (excludes halogenated alkanes) is 3. The van der Waals surface area contributed by atoms with Gasteiger partial charge in [0.25, 0.3) is 0 Å². The predicted octanol–water partition coefficient (Wildman–Crippen LogP) is 2.53. The van der Waals surface area contributed by atoms with Gasteiger partial charge in [0.2, 0.25) is 0 Å². The number of nitrogens with two attached hydrogens (primary N) is 1. The number of rotatable bonds is 21. The normalized spacial score (nSPS) is 10.5. The van der Waals surface area contributed by atoms with Gasteiger partial charge in [-0.25, -0.2) is 0 Å². The Labute approximate surface area is 230 Å². The molecule has 36 heavy (non-hydrogen) atoms. The molecule has 0 saturated heterocycles. The van der Waals surface area contributed by atoms with Crippen LogP contribution in [0.2, 0.25) is 0 Å². The van der Waals surface area contributed by atoms with Crippen LogP contribution in [0.25, 0.3) is 0 Å². The van der Waals surface area contributed by atoms with Crippen LogP contribution in [0.3, 0.4) is 0 Å². The van der Waals surface area contributed by atoms with Crippen LogP contribution in [0.15, 0.2) is 18.2 Å². The molecule has 0 unspecified atom stereocenters. The molecule has 0 amide bonds. The van der Waals surface area contributed by atoms with E-state index in [0.29, 0.717) is 46.2 Å². The fourth-order valence-corrected chi connectivity index (χ4v) is 3.55. The van der Waals surface area contributed by atoms with Gasteiger partial charge < -0.3 is 35.5 Å². The van der Waals surface area contributed by atoms with E-state index in [0.717, 1.165) is 68.1 Å². The van der Waals surface area contributed by atoms with E-state index < -0.39 is 0 Å². The predicted molar refractivity (Wildman–Crippen MR) is 138 cm³/mol. The molecule has 0 aliphatic rings. The number of H-pyrrole nitrogens is 1. The van der Waals surface area contributed by atoms with Crippen molar-refractivity contribution >= 4 is 0 Å². The van der Waals surface area contributed by atoms with Gasteiger partial charge >= 0.3 is 0 Å². The van der Waals surface area contributed by atoms with Crippen molar-refractivity contribution in [1.29, 1.82) is 0 Å². The zero-order valence-corrected chi connectivity index (χ0v) is 24.8. The minimum Gasteiger partial charge on any atom is -0.551 e. The molecular weight excluding hydrogens is 632 g/mol. The Morgan fingerprint density at radius 3 is 2.19 bits per heavy atom. The molecular formula is C26H45N4O5W-. The largest absolute Gasteiger partial charge is 0.551 e. The van der Waals surface area contributed by atoms with Crippen molar-refractivity contribution in [3.8, 4) is 11.5 Å². The van der Waals surface area contributed by atoms with Crippen LogP contribution in [0, 0.1) is 19.9 Å². The summed E-state index contributed by atoms with van der Waals surface area (Å²) in [7, 11) is 0. The third-order valence-electron chi connectivity index (χ3n) is 5.43. The number of hydrogen-bond acceptors (Lipinski definition) is 7.